The van der Waals surface area contributed by atoms with Gasteiger partial charge in [0, 0.05) is 24.2 Å². The maximum atomic E-state index is 12.3. The lowest BCUT2D eigenvalue weighted by atomic mass is 9.97. The van der Waals surface area contributed by atoms with E-state index in [9.17, 15) is 4.79 Å². The Morgan fingerprint density at radius 3 is 2.41 bits per heavy atom. The standard InChI is InChI=1S/C19H20N2O/c1-4-13-11-15(5-2)20-19-18(13)16(12-17(22)21(19)3)14-9-7-6-8-10-14/h6-12H,4-5H2,1-3H3. The van der Waals surface area contributed by atoms with Gasteiger partial charge in [0.2, 0.25) is 0 Å². The first kappa shape index (κ1) is 14.5. The molecular formula is C19H20N2O. The van der Waals surface area contributed by atoms with Crippen LogP contribution in [-0.4, -0.2) is 9.55 Å². The molecule has 2 aromatic heterocycles. The molecule has 1 aromatic carbocycles. The molecule has 0 saturated carbocycles. The van der Waals surface area contributed by atoms with E-state index in [2.05, 4.69) is 19.9 Å². The molecule has 3 rings (SSSR count). The Bertz CT molecular complexity index is 879. The SMILES string of the molecule is CCc1cc(CC)c2c(-c3ccccc3)cc(=O)n(C)c2n1. The summed E-state index contributed by atoms with van der Waals surface area (Å²) in [5.74, 6) is 0. The van der Waals surface area contributed by atoms with Crippen molar-refractivity contribution in [1.82, 2.24) is 9.55 Å². The molecule has 0 aliphatic carbocycles. The monoisotopic (exact) mass is 292 g/mol. The van der Waals surface area contributed by atoms with Crippen molar-refractivity contribution in [3.05, 3.63) is 64.1 Å². The molecule has 0 spiro atoms. The first-order chi connectivity index (χ1) is 10.7. The summed E-state index contributed by atoms with van der Waals surface area (Å²) >= 11 is 0. The minimum atomic E-state index is -0.0193. The largest absolute Gasteiger partial charge is 0.296 e. The van der Waals surface area contributed by atoms with Crippen LogP contribution >= 0.6 is 0 Å². The molecule has 3 aromatic rings. The molecule has 0 atom stereocenters. The molecule has 0 radical (unpaired) electrons. The fourth-order valence-corrected chi connectivity index (χ4v) is 2.88. The van der Waals surface area contributed by atoms with Crippen LogP contribution in [0.2, 0.25) is 0 Å². The number of benzene rings is 1. The van der Waals surface area contributed by atoms with Crippen LogP contribution in [0.3, 0.4) is 0 Å². The summed E-state index contributed by atoms with van der Waals surface area (Å²) in [5, 5.41) is 1.09. The van der Waals surface area contributed by atoms with Gasteiger partial charge in [0.05, 0.1) is 0 Å². The third-order valence-corrected chi connectivity index (χ3v) is 4.15. The Hall–Kier alpha value is -2.42. The molecule has 0 N–H and O–H groups in total. The second kappa shape index (κ2) is 5.76. The number of aromatic nitrogens is 2. The van der Waals surface area contributed by atoms with Gasteiger partial charge in [-0.2, -0.15) is 0 Å². The third-order valence-electron chi connectivity index (χ3n) is 4.15. The highest BCUT2D eigenvalue weighted by atomic mass is 16.1. The summed E-state index contributed by atoms with van der Waals surface area (Å²) < 4.78 is 1.65. The lowest BCUT2D eigenvalue weighted by molar-refractivity contribution is 0.874. The predicted octanol–water partition coefficient (Wildman–Crippen LogP) is 3.73. The maximum absolute atomic E-state index is 12.3. The Morgan fingerprint density at radius 2 is 1.77 bits per heavy atom. The highest BCUT2D eigenvalue weighted by molar-refractivity contribution is 5.95. The topological polar surface area (TPSA) is 34.9 Å². The molecule has 0 aliphatic heterocycles. The van der Waals surface area contributed by atoms with Crippen LogP contribution in [0.25, 0.3) is 22.2 Å². The summed E-state index contributed by atoms with van der Waals surface area (Å²) in [6.07, 6.45) is 1.79. The fraction of sp³-hybridized carbons (Fsp3) is 0.263. The number of rotatable bonds is 3. The van der Waals surface area contributed by atoms with Gasteiger partial charge < -0.3 is 0 Å². The van der Waals surface area contributed by atoms with E-state index in [0.717, 1.165) is 40.7 Å². The summed E-state index contributed by atoms with van der Waals surface area (Å²) in [7, 11) is 1.80. The van der Waals surface area contributed by atoms with Gasteiger partial charge in [0.25, 0.3) is 5.56 Å². The van der Waals surface area contributed by atoms with E-state index in [1.807, 2.05) is 30.3 Å². The summed E-state index contributed by atoms with van der Waals surface area (Å²) in [6, 6.07) is 14.0. The van der Waals surface area contributed by atoms with Crippen molar-refractivity contribution in [3.8, 4) is 11.1 Å². The van der Waals surface area contributed by atoms with Gasteiger partial charge in [-0.25, -0.2) is 4.98 Å². The van der Waals surface area contributed by atoms with Gasteiger partial charge in [-0.15, -0.1) is 0 Å². The number of pyridine rings is 2. The minimum absolute atomic E-state index is 0.0193. The maximum Gasteiger partial charge on any atom is 0.252 e. The van der Waals surface area contributed by atoms with Crippen molar-refractivity contribution >= 4 is 11.0 Å². The lowest BCUT2D eigenvalue weighted by Crippen LogP contribution is -2.18. The van der Waals surface area contributed by atoms with Gasteiger partial charge >= 0.3 is 0 Å². The van der Waals surface area contributed by atoms with Crippen molar-refractivity contribution < 1.29 is 0 Å². The van der Waals surface area contributed by atoms with Crippen LogP contribution in [0, 0.1) is 0 Å². The normalized spacial score (nSPS) is 11.0. The van der Waals surface area contributed by atoms with Gasteiger partial charge in [-0.3, -0.25) is 9.36 Å². The van der Waals surface area contributed by atoms with E-state index in [4.69, 9.17) is 4.98 Å². The molecular weight excluding hydrogens is 272 g/mol. The molecule has 112 valence electrons. The zero-order valence-electron chi connectivity index (χ0n) is 13.3. The average molecular weight is 292 g/mol. The molecule has 0 bridgehead atoms. The Balaban J connectivity index is 2.48. The number of hydrogen-bond acceptors (Lipinski definition) is 2. The molecule has 0 aliphatic rings. The zero-order valence-corrected chi connectivity index (χ0v) is 13.3. The highest BCUT2D eigenvalue weighted by Gasteiger charge is 2.14. The van der Waals surface area contributed by atoms with E-state index in [-0.39, 0.29) is 5.56 Å². The molecule has 0 saturated heterocycles. The quantitative estimate of drug-likeness (QED) is 0.737. The molecule has 0 amide bonds. The van der Waals surface area contributed by atoms with Crippen molar-refractivity contribution in [1.29, 1.82) is 0 Å². The van der Waals surface area contributed by atoms with Crippen molar-refractivity contribution in [2.45, 2.75) is 26.7 Å². The molecule has 3 nitrogen and oxygen atoms in total. The van der Waals surface area contributed by atoms with Crippen LogP contribution in [0.15, 0.2) is 47.3 Å². The van der Waals surface area contributed by atoms with Crippen LogP contribution in [0.5, 0.6) is 0 Å². The summed E-state index contributed by atoms with van der Waals surface area (Å²) in [5.41, 5.74) is 5.08. The van der Waals surface area contributed by atoms with Crippen molar-refractivity contribution in [2.24, 2.45) is 7.05 Å². The second-order valence-corrected chi connectivity index (χ2v) is 5.50. The zero-order chi connectivity index (χ0) is 15.7. The predicted molar refractivity (Wildman–Crippen MR) is 91.2 cm³/mol. The highest BCUT2D eigenvalue weighted by Crippen LogP contribution is 2.29. The van der Waals surface area contributed by atoms with Gasteiger partial charge in [0.1, 0.15) is 5.65 Å². The van der Waals surface area contributed by atoms with Crippen LogP contribution < -0.4 is 5.56 Å². The van der Waals surface area contributed by atoms with Crippen molar-refractivity contribution in [2.75, 3.05) is 0 Å². The number of fused-ring (bicyclic) bond motifs is 1. The minimum Gasteiger partial charge on any atom is -0.296 e. The van der Waals surface area contributed by atoms with E-state index >= 15 is 0 Å². The van der Waals surface area contributed by atoms with E-state index in [1.165, 1.54) is 5.56 Å². The van der Waals surface area contributed by atoms with Gasteiger partial charge in [-0.1, -0.05) is 44.2 Å². The first-order valence-electron chi connectivity index (χ1n) is 7.73. The fourth-order valence-electron chi connectivity index (χ4n) is 2.88. The number of hydrogen-bond donors (Lipinski definition) is 0. The Kier molecular flexibility index (Phi) is 3.80. The molecule has 0 unspecified atom stereocenters. The van der Waals surface area contributed by atoms with Gasteiger partial charge in [0.15, 0.2) is 0 Å². The smallest absolute Gasteiger partial charge is 0.252 e. The third kappa shape index (κ3) is 2.33. The van der Waals surface area contributed by atoms with Crippen LogP contribution in [0.1, 0.15) is 25.1 Å². The lowest BCUT2D eigenvalue weighted by Gasteiger charge is -2.14. The van der Waals surface area contributed by atoms with E-state index < -0.39 is 0 Å². The Morgan fingerprint density at radius 1 is 1.05 bits per heavy atom. The van der Waals surface area contributed by atoms with E-state index in [0.29, 0.717) is 0 Å². The van der Waals surface area contributed by atoms with Crippen LogP contribution in [-0.2, 0) is 19.9 Å². The summed E-state index contributed by atoms with van der Waals surface area (Å²) in [6.45, 7) is 4.24. The second-order valence-electron chi connectivity index (χ2n) is 5.50. The molecule has 22 heavy (non-hydrogen) atoms. The summed E-state index contributed by atoms with van der Waals surface area (Å²) in [4.78, 5) is 17.1. The first-order valence-corrected chi connectivity index (χ1v) is 7.73. The van der Waals surface area contributed by atoms with Crippen LogP contribution in [0.4, 0.5) is 0 Å². The van der Waals surface area contributed by atoms with E-state index in [1.54, 1.807) is 17.7 Å². The molecule has 3 heteroatoms. The Labute approximate surface area is 130 Å². The number of aryl methyl sites for hydroxylation is 3. The van der Waals surface area contributed by atoms with Gasteiger partial charge in [-0.05, 0) is 35.6 Å². The molecule has 0 fully saturated rings. The average Bonchev–Trinajstić information content (AvgIpc) is 2.57. The number of nitrogens with zero attached hydrogens (tertiary/aromatic N) is 2. The van der Waals surface area contributed by atoms with Crippen molar-refractivity contribution in [3.63, 3.8) is 0 Å². The molecule has 2 heterocycles.